The quantitative estimate of drug-likeness (QED) is 0.499. The van der Waals surface area contributed by atoms with Crippen molar-refractivity contribution in [3.05, 3.63) is 98.9 Å². The maximum atomic E-state index is 12.8. The molecule has 0 fully saturated rings. The number of hydrogen-bond acceptors (Lipinski definition) is 5. The van der Waals surface area contributed by atoms with Crippen molar-refractivity contribution in [3.63, 3.8) is 0 Å². The highest BCUT2D eigenvalue weighted by Crippen LogP contribution is 2.19. The van der Waals surface area contributed by atoms with Crippen molar-refractivity contribution in [2.75, 3.05) is 13.7 Å². The fourth-order valence-electron chi connectivity index (χ4n) is 3.28. The van der Waals surface area contributed by atoms with Crippen LogP contribution in [0.4, 0.5) is 0 Å². The highest BCUT2D eigenvalue weighted by atomic mass is 32.1. The van der Waals surface area contributed by atoms with Gasteiger partial charge in [-0.15, -0.1) is 11.3 Å². The number of fused-ring (bicyclic) bond motifs is 1. The summed E-state index contributed by atoms with van der Waals surface area (Å²) in [6.45, 7) is 0.393. The lowest BCUT2D eigenvalue weighted by Crippen LogP contribution is -2.32. The fourth-order valence-corrected chi connectivity index (χ4v) is 4.25. The average Bonchev–Trinajstić information content (AvgIpc) is 3.18. The van der Waals surface area contributed by atoms with Crippen molar-refractivity contribution in [3.8, 4) is 5.75 Å². The number of methoxy groups -OCH3 is 1. The summed E-state index contributed by atoms with van der Waals surface area (Å²) in [6, 6.07) is 17.7. The molecule has 0 saturated heterocycles. The number of benzene rings is 2. The van der Waals surface area contributed by atoms with Gasteiger partial charge in [-0.1, -0.05) is 48.5 Å². The van der Waals surface area contributed by atoms with Gasteiger partial charge in [0.05, 0.1) is 7.11 Å². The lowest BCUT2D eigenvalue weighted by atomic mass is 10.1. The molecule has 0 unspecified atom stereocenters. The van der Waals surface area contributed by atoms with Crippen molar-refractivity contribution >= 4 is 22.2 Å². The molecule has 30 heavy (non-hydrogen) atoms. The zero-order valence-electron chi connectivity index (χ0n) is 16.5. The van der Waals surface area contributed by atoms with E-state index in [9.17, 15) is 9.59 Å². The van der Waals surface area contributed by atoms with Crippen LogP contribution >= 0.6 is 11.3 Å². The van der Waals surface area contributed by atoms with Crippen molar-refractivity contribution in [2.45, 2.75) is 12.8 Å². The van der Waals surface area contributed by atoms with E-state index in [1.165, 1.54) is 21.9 Å². The molecule has 0 aliphatic rings. The summed E-state index contributed by atoms with van der Waals surface area (Å²) >= 11 is 1.45. The molecule has 0 radical (unpaired) electrons. The summed E-state index contributed by atoms with van der Waals surface area (Å²) < 4.78 is 6.78. The monoisotopic (exact) mass is 419 g/mol. The van der Waals surface area contributed by atoms with Gasteiger partial charge in [-0.05, 0) is 23.6 Å². The summed E-state index contributed by atoms with van der Waals surface area (Å²) in [5.41, 5.74) is 1.84. The van der Waals surface area contributed by atoms with Crippen molar-refractivity contribution in [1.29, 1.82) is 0 Å². The first-order valence-electron chi connectivity index (χ1n) is 9.60. The van der Waals surface area contributed by atoms with Crippen LogP contribution in [0.2, 0.25) is 0 Å². The first-order valence-corrected chi connectivity index (χ1v) is 10.4. The molecule has 4 rings (SSSR count). The Morgan fingerprint density at radius 3 is 2.70 bits per heavy atom. The van der Waals surface area contributed by atoms with Crippen LogP contribution in [0.25, 0.3) is 4.96 Å². The Morgan fingerprint density at radius 2 is 1.90 bits per heavy atom. The minimum absolute atomic E-state index is 0.0385. The third kappa shape index (κ3) is 4.26. The summed E-state index contributed by atoms with van der Waals surface area (Å²) in [4.78, 5) is 31.3. The number of thiazole rings is 1. The van der Waals surface area contributed by atoms with E-state index in [1.807, 2.05) is 54.6 Å². The number of rotatable bonds is 7. The van der Waals surface area contributed by atoms with Gasteiger partial charge in [0.25, 0.3) is 11.5 Å². The van der Waals surface area contributed by atoms with E-state index in [1.54, 1.807) is 13.3 Å². The number of hydrogen-bond donors (Lipinski definition) is 1. The predicted molar refractivity (Wildman–Crippen MR) is 118 cm³/mol. The Balaban J connectivity index is 1.47. The second-order valence-corrected chi connectivity index (χ2v) is 7.90. The van der Waals surface area contributed by atoms with E-state index in [4.69, 9.17) is 4.74 Å². The molecule has 2 aromatic heterocycles. The largest absolute Gasteiger partial charge is 0.496 e. The van der Waals surface area contributed by atoms with Crippen LogP contribution in [-0.4, -0.2) is 28.9 Å². The Hall–Kier alpha value is -3.45. The first-order chi connectivity index (χ1) is 14.7. The maximum Gasteiger partial charge on any atom is 0.271 e. The minimum atomic E-state index is -0.424. The summed E-state index contributed by atoms with van der Waals surface area (Å²) in [6.07, 6.45) is 4.45. The van der Waals surface area contributed by atoms with Crippen molar-refractivity contribution in [2.24, 2.45) is 0 Å². The van der Waals surface area contributed by atoms with Gasteiger partial charge >= 0.3 is 0 Å². The normalized spacial score (nSPS) is 10.8. The lowest BCUT2D eigenvalue weighted by molar-refractivity contribution is 0.0952. The molecule has 1 N–H and O–H groups in total. The third-order valence-electron chi connectivity index (χ3n) is 4.79. The van der Waals surface area contributed by atoms with Crippen molar-refractivity contribution < 1.29 is 9.53 Å². The van der Waals surface area contributed by atoms with Crippen LogP contribution in [0.1, 0.15) is 26.4 Å². The summed E-state index contributed by atoms with van der Waals surface area (Å²) in [7, 11) is 1.62. The van der Waals surface area contributed by atoms with Gasteiger partial charge in [0, 0.05) is 30.2 Å². The molecule has 0 aliphatic heterocycles. The highest BCUT2D eigenvalue weighted by Gasteiger charge is 2.15. The number of aromatic nitrogens is 2. The summed E-state index contributed by atoms with van der Waals surface area (Å²) in [5, 5.41) is 2.81. The number of amides is 1. The molecule has 4 aromatic rings. The van der Waals surface area contributed by atoms with Gasteiger partial charge < -0.3 is 10.1 Å². The van der Waals surface area contributed by atoms with Gasteiger partial charge in [0.1, 0.15) is 11.3 Å². The van der Waals surface area contributed by atoms with E-state index in [2.05, 4.69) is 10.3 Å². The number of nitrogens with one attached hydrogen (secondary N) is 1. The topological polar surface area (TPSA) is 72.7 Å². The number of para-hydroxylation sites is 1. The van der Waals surface area contributed by atoms with E-state index >= 15 is 0 Å². The van der Waals surface area contributed by atoms with Gasteiger partial charge in [0.2, 0.25) is 0 Å². The molecule has 7 heteroatoms. The molecule has 2 heterocycles. The van der Waals surface area contributed by atoms with Gasteiger partial charge in [0.15, 0.2) is 4.96 Å². The van der Waals surface area contributed by atoms with Crippen LogP contribution in [-0.2, 0) is 12.8 Å². The summed E-state index contributed by atoms with van der Waals surface area (Å²) in [5.74, 6) is 0.353. The molecule has 0 atom stereocenters. The van der Waals surface area contributed by atoms with Crippen LogP contribution in [0.15, 0.2) is 71.8 Å². The van der Waals surface area contributed by atoms with Gasteiger partial charge in [-0.3, -0.25) is 14.0 Å². The van der Waals surface area contributed by atoms with Crippen molar-refractivity contribution in [1.82, 2.24) is 14.7 Å². The maximum absolute atomic E-state index is 12.8. The number of carbonyl (C=O) groups excluding carboxylic acids is 1. The second kappa shape index (κ2) is 8.92. The number of nitrogens with zero attached hydrogens (tertiary/aromatic N) is 2. The Kier molecular flexibility index (Phi) is 5.90. The van der Waals surface area contributed by atoms with E-state index in [0.29, 0.717) is 17.9 Å². The molecule has 0 saturated carbocycles. The fraction of sp³-hybridized carbons (Fsp3) is 0.174. The SMILES string of the molecule is COc1ccccc1CCNC(=O)c1cnc2sc(Cc3ccccc3)cn2c1=O. The van der Waals surface area contributed by atoms with Gasteiger partial charge in [-0.25, -0.2) is 4.98 Å². The van der Waals surface area contributed by atoms with Crippen LogP contribution < -0.4 is 15.6 Å². The van der Waals surface area contributed by atoms with E-state index < -0.39 is 5.91 Å². The van der Waals surface area contributed by atoms with Gasteiger partial charge in [-0.2, -0.15) is 0 Å². The van der Waals surface area contributed by atoms with E-state index in [-0.39, 0.29) is 11.1 Å². The molecule has 152 valence electrons. The smallest absolute Gasteiger partial charge is 0.271 e. The highest BCUT2D eigenvalue weighted by molar-refractivity contribution is 7.17. The average molecular weight is 420 g/mol. The van der Waals surface area contributed by atoms with E-state index in [0.717, 1.165) is 28.2 Å². The second-order valence-electron chi connectivity index (χ2n) is 6.81. The standard InChI is InChI=1S/C23H21N3O3S/c1-29-20-10-6-5-9-17(20)11-12-24-21(27)19-14-25-23-26(22(19)28)15-18(30-23)13-16-7-3-2-4-8-16/h2-10,14-15H,11-13H2,1H3,(H,24,27). The lowest BCUT2D eigenvalue weighted by Gasteiger charge is -2.09. The molecule has 0 spiro atoms. The molecule has 0 bridgehead atoms. The zero-order valence-corrected chi connectivity index (χ0v) is 17.3. The third-order valence-corrected chi connectivity index (χ3v) is 5.79. The molecule has 0 aliphatic carbocycles. The molecular weight excluding hydrogens is 398 g/mol. The molecular formula is C23H21N3O3S. The minimum Gasteiger partial charge on any atom is -0.496 e. The molecule has 6 nitrogen and oxygen atoms in total. The molecule has 2 aromatic carbocycles. The van der Waals surface area contributed by atoms with Crippen LogP contribution in [0.5, 0.6) is 5.75 Å². The Morgan fingerprint density at radius 1 is 1.13 bits per heavy atom. The Bertz CT molecular complexity index is 1230. The number of ether oxygens (including phenoxy) is 1. The number of carbonyl (C=O) groups is 1. The molecule has 1 amide bonds. The van der Waals surface area contributed by atoms with Crippen LogP contribution in [0, 0.1) is 0 Å². The zero-order chi connectivity index (χ0) is 20.9. The van der Waals surface area contributed by atoms with Crippen LogP contribution in [0.3, 0.4) is 0 Å². The predicted octanol–water partition coefficient (Wildman–Crippen LogP) is 3.33. The Labute approximate surface area is 177 Å². The first kappa shape index (κ1) is 19.8.